The number of imide groups is 2. The quantitative estimate of drug-likeness (QED) is 0.0696. The van der Waals surface area contributed by atoms with Crippen molar-refractivity contribution in [2.75, 3.05) is 24.5 Å². The standard InChI is InChI=1S/C24H25N7O2.C10H7NO.C9H9N5O2/c32-22-21(29-24(33)30-22)13-18-7-10-26-23(28-18)31-11-8-16(9-12-31)14-25-15-19-6-5-17-3-1-2-4-20(17)27-19;12-7-9-6-5-8-3-1-2-4-10(8)11-9;10-4-7-11-2-1-5(12-7)3-6-8(15)14-9(16)13-6/h1-7,10,13,16,25H,8-9,11-12,14-15H2,(H2,29,30,32,33);1-7H;1-3H,4,10H2,(H2,13,14,15,16)/b21-13-;;6-3-. The maximum Gasteiger partial charge on any atom is 0.326 e. The van der Waals surface area contributed by atoms with E-state index in [1.165, 1.54) is 12.3 Å². The van der Waals surface area contributed by atoms with E-state index in [0.29, 0.717) is 34.8 Å². The van der Waals surface area contributed by atoms with E-state index in [0.717, 1.165) is 72.8 Å². The molecule has 3 fully saturated rings. The predicted octanol–water partition coefficient (Wildman–Crippen LogP) is 3.37. The van der Waals surface area contributed by atoms with Crippen molar-refractivity contribution in [3.05, 3.63) is 137 Å². The van der Waals surface area contributed by atoms with Crippen molar-refractivity contribution in [3.8, 4) is 0 Å². The summed E-state index contributed by atoms with van der Waals surface area (Å²) >= 11 is 0. The Bertz CT molecular complexity index is 2660. The Balaban J connectivity index is 0.000000165. The third-order valence-corrected chi connectivity index (χ3v) is 9.63. The summed E-state index contributed by atoms with van der Waals surface area (Å²) in [5, 5.41) is 14.9. The number of hydrogen-bond acceptors (Lipinski definition) is 14. The van der Waals surface area contributed by atoms with E-state index in [1.807, 2.05) is 48.5 Å². The molecule has 308 valence electrons. The molecule has 18 nitrogen and oxygen atoms in total. The topological polar surface area (TPSA) is 252 Å². The Hall–Kier alpha value is -7.83. The van der Waals surface area contributed by atoms with Gasteiger partial charge in [0.15, 0.2) is 6.29 Å². The van der Waals surface area contributed by atoms with Crippen LogP contribution in [0.5, 0.6) is 0 Å². The second-order valence-corrected chi connectivity index (χ2v) is 13.9. The van der Waals surface area contributed by atoms with E-state index < -0.39 is 23.9 Å². The number of hydrogen-bond donors (Lipinski definition) is 6. The van der Waals surface area contributed by atoms with E-state index in [9.17, 15) is 24.0 Å². The van der Waals surface area contributed by atoms with Crippen LogP contribution in [0, 0.1) is 5.92 Å². The lowest BCUT2D eigenvalue weighted by molar-refractivity contribution is -0.116. The highest BCUT2D eigenvalue weighted by Gasteiger charge is 2.25. The molecule has 6 amide bonds. The third-order valence-electron chi connectivity index (χ3n) is 9.63. The van der Waals surface area contributed by atoms with Gasteiger partial charge in [0.1, 0.15) is 22.9 Å². The second kappa shape index (κ2) is 19.7. The molecule has 9 rings (SSSR count). The zero-order chi connectivity index (χ0) is 42.6. The number of rotatable bonds is 9. The first-order chi connectivity index (χ1) is 29.7. The predicted molar refractivity (Wildman–Crippen MR) is 227 cm³/mol. The highest BCUT2D eigenvalue weighted by Crippen LogP contribution is 2.21. The Labute approximate surface area is 349 Å². The fourth-order valence-electron chi connectivity index (χ4n) is 6.54. The van der Waals surface area contributed by atoms with E-state index in [-0.39, 0.29) is 17.9 Å². The number of pyridine rings is 2. The van der Waals surface area contributed by atoms with Gasteiger partial charge in [-0.05, 0) is 73.9 Å². The number of nitrogens with two attached hydrogens (primary N) is 1. The van der Waals surface area contributed by atoms with Crippen LogP contribution in [-0.4, -0.2) is 79.7 Å². The van der Waals surface area contributed by atoms with Gasteiger partial charge in [0.05, 0.1) is 34.7 Å². The van der Waals surface area contributed by atoms with Gasteiger partial charge >= 0.3 is 12.1 Å². The van der Waals surface area contributed by atoms with Gasteiger partial charge in [-0.15, -0.1) is 0 Å². The van der Waals surface area contributed by atoms with E-state index in [2.05, 4.69) is 74.6 Å². The molecule has 0 atom stereocenters. The summed E-state index contributed by atoms with van der Waals surface area (Å²) < 4.78 is 0. The lowest BCUT2D eigenvalue weighted by atomic mass is 9.97. The minimum atomic E-state index is -0.538. The highest BCUT2D eigenvalue weighted by atomic mass is 16.2. The van der Waals surface area contributed by atoms with Gasteiger partial charge in [0.2, 0.25) is 5.95 Å². The number of urea groups is 2. The molecule has 7 heterocycles. The molecule has 0 saturated carbocycles. The van der Waals surface area contributed by atoms with Crippen LogP contribution in [0.1, 0.15) is 46.2 Å². The number of aldehydes is 1. The zero-order valence-electron chi connectivity index (χ0n) is 32.7. The number of benzene rings is 2. The molecule has 2 aromatic carbocycles. The lowest BCUT2D eigenvalue weighted by Gasteiger charge is -2.32. The maximum absolute atomic E-state index is 11.7. The molecule has 4 aromatic heterocycles. The van der Waals surface area contributed by atoms with Crippen molar-refractivity contribution in [2.24, 2.45) is 11.7 Å². The molecule has 6 aromatic rings. The first-order valence-electron chi connectivity index (χ1n) is 19.4. The summed E-state index contributed by atoms with van der Waals surface area (Å²) in [5.74, 6) is 0.773. The summed E-state index contributed by atoms with van der Waals surface area (Å²) in [5.41, 5.74) is 10.3. The molecular weight excluding hydrogens is 779 g/mol. The highest BCUT2D eigenvalue weighted by molar-refractivity contribution is 6.14. The van der Waals surface area contributed by atoms with Crippen LogP contribution in [-0.2, 0) is 22.7 Å². The van der Waals surface area contributed by atoms with E-state index in [1.54, 1.807) is 30.5 Å². The van der Waals surface area contributed by atoms with Crippen LogP contribution in [0.2, 0.25) is 0 Å². The molecule has 0 unspecified atom stereocenters. The molecule has 7 N–H and O–H groups in total. The fraction of sp³-hybridized carbons (Fsp3) is 0.186. The van der Waals surface area contributed by atoms with Crippen molar-refractivity contribution in [1.29, 1.82) is 0 Å². The average molecular weight is 820 g/mol. The van der Waals surface area contributed by atoms with Crippen LogP contribution in [0.3, 0.4) is 0 Å². The molecule has 0 aliphatic carbocycles. The smallest absolute Gasteiger partial charge is 0.326 e. The number of piperidine rings is 1. The Kier molecular flexibility index (Phi) is 13.4. The number of carbonyl (C=O) groups excluding carboxylic acids is 5. The monoisotopic (exact) mass is 819 g/mol. The minimum absolute atomic E-state index is 0.159. The van der Waals surface area contributed by atoms with Gasteiger partial charge < -0.3 is 26.6 Å². The van der Waals surface area contributed by atoms with Crippen molar-refractivity contribution < 1.29 is 24.0 Å². The molecule has 0 spiro atoms. The first kappa shape index (κ1) is 41.3. The summed E-state index contributed by atoms with van der Waals surface area (Å²) in [6.07, 6.45) is 9.08. The van der Waals surface area contributed by atoms with E-state index in [4.69, 9.17) is 10.7 Å². The first-order valence-corrected chi connectivity index (χ1v) is 19.4. The molecule has 0 radical (unpaired) electrons. The summed E-state index contributed by atoms with van der Waals surface area (Å²) in [7, 11) is 0. The fourth-order valence-corrected chi connectivity index (χ4v) is 6.54. The maximum atomic E-state index is 11.7. The van der Waals surface area contributed by atoms with E-state index >= 15 is 0 Å². The summed E-state index contributed by atoms with van der Waals surface area (Å²) in [6, 6.07) is 26.0. The normalized spacial score (nSPS) is 16.3. The number of fused-ring (bicyclic) bond motifs is 2. The second-order valence-electron chi connectivity index (χ2n) is 13.9. The van der Waals surface area contributed by atoms with Crippen molar-refractivity contribution >= 4 is 70.1 Å². The molecule has 18 heteroatoms. The van der Waals surface area contributed by atoms with Crippen molar-refractivity contribution in [3.63, 3.8) is 0 Å². The Morgan fingerprint density at radius 1 is 0.656 bits per heavy atom. The van der Waals surface area contributed by atoms with Gasteiger partial charge in [0, 0.05) is 42.8 Å². The number of aromatic nitrogens is 6. The minimum Gasteiger partial charge on any atom is -0.341 e. The number of anilines is 1. The van der Waals surface area contributed by atoms with Crippen molar-refractivity contribution in [2.45, 2.75) is 25.9 Å². The Morgan fingerprint density at radius 2 is 1.25 bits per heavy atom. The summed E-state index contributed by atoms with van der Waals surface area (Å²) in [6.45, 7) is 3.67. The van der Waals surface area contributed by atoms with Gasteiger partial charge in [-0.25, -0.2) is 34.5 Å². The third kappa shape index (κ3) is 11.2. The number of para-hydroxylation sites is 2. The number of nitrogens with zero attached hydrogens (tertiary/aromatic N) is 7. The molecule has 61 heavy (non-hydrogen) atoms. The lowest BCUT2D eigenvalue weighted by Crippen LogP contribution is -2.38. The van der Waals surface area contributed by atoms with Crippen molar-refractivity contribution in [1.82, 2.24) is 56.5 Å². The van der Waals surface area contributed by atoms with Gasteiger partial charge in [-0.1, -0.05) is 48.5 Å². The number of nitrogens with one attached hydrogen (secondary N) is 5. The van der Waals surface area contributed by atoms with Crippen LogP contribution < -0.4 is 37.2 Å². The number of amides is 6. The van der Waals surface area contributed by atoms with Gasteiger partial charge in [-0.3, -0.25) is 30.0 Å². The molecular formula is C43H41N13O5. The zero-order valence-corrected chi connectivity index (χ0v) is 32.7. The summed E-state index contributed by atoms with van der Waals surface area (Å²) in [4.78, 5) is 83.4. The molecule has 3 aliphatic rings. The SMILES string of the molecule is NCc1nccc(/C=C2\NC(=O)NC2=O)n1.O=C1NC(=O)/C(=C/c2ccnc(N3CCC(CNCc4ccc5ccccc5n4)CC3)n2)N1.O=Cc1ccc2ccccc2n1. The molecule has 0 bridgehead atoms. The number of carbonyl (C=O) groups is 5. The van der Waals surface area contributed by atoms with Crippen LogP contribution in [0.15, 0.2) is 109 Å². The van der Waals surface area contributed by atoms with Gasteiger partial charge in [0.25, 0.3) is 11.8 Å². The molecule has 3 aliphatic heterocycles. The van der Waals surface area contributed by atoms with Gasteiger partial charge in [-0.2, -0.15) is 0 Å². The average Bonchev–Trinajstić information content (AvgIpc) is 3.79. The largest absolute Gasteiger partial charge is 0.341 e. The van der Waals surface area contributed by atoms with Crippen LogP contribution in [0.4, 0.5) is 15.5 Å². The van der Waals surface area contributed by atoms with Crippen LogP contribution >= 0.6 is 0 Å². The molecule has 3 saturated heterocycles. The Morgan fingerprint density at radius 3 is 1.85 bits per heavy atom. The van der Waals surface area contributed by atoms with Crippen LogP contribution in [0.25, 0.3) is 34.0 Å².